The molecular formula is C16H19N3O. The van der Waals surface area contributed by atoms with Gasteiger partial charge in [0.15, 0.2) is 0 Å². The van der Waals surface area contributed by atoms with Crippen molar-refractivity contribution in [1.29, 1.82) is 0 Å². The van der Waals surface area contributed by atoms with E-state index in [1.165, 1.54) is 0 Å². The molecule has 1 aromatic carbocycles. The fourth-order valence-electron chi connectivity index (χ4n) is 2.72. The van der Waals surface area contributed by atoms with Crippen molar-refractivity contribution >= 4 is 5.91 Å². The number of amides is 1. The highest BCUT2D eigenvalue weighted by molar-refractivity contribution is 5.93. The number of carbonyl (C=O) groups is 1. The van der Waals surface area contributed by atoms with Gasteiger partial charge in [-0.15, -0.1) is 0 Å². The highest BCUT2D eigenvalue weighted by Gasteiger charge is 2.23. The number of rotatable bonds is 3. The summed E-state index contributed by atoms with van der Waals surface area (Å²) in [5, 5.41) is 3.04. The molecule has 2 atom stereocenters. The molecule has 0 unspecified atom stereocenters. The van der Waals surface area contributed by atoms with Crippen LogP contribution in [0.1, 0.15) is 29.8 Å². The van der Waals surface area contributed by atoms with Gasteiger partial charge in [-0.25, -0.2) is 0 Å². The molecule has 0 spiro atoms. The molecule has 1 aromatic heterocycles. The van der Waals surface area contributed by atoms with Crippen LogP contribution < -0.4 is 11.1 Å². The van der Waals surface area contributed by atoms with Gasteiger partial charge in [0, 0.05) is 17.8 Å². The fourth-order valence-corrected chi connectivity index (χ4v) is 2.72. The highest BCUT2D eigenvalue weighted by atomic mass is 16.1. The van der Waals surface area contributed by atoms with Crippen LogP contribution >= 0.6 is 0 Å². The molecule has 20 heavy (non-hydrogen) atoms. The van der Waals surface area contributed by atoms with Gasteiger partial charge in [-0.1, -0.05) is 30.3 Å². The van der Waals surface area contributed by atoms with Gasteiger partial charge in [0.05, 0.1) is 0 Å². The molecule has 1 aliphatic rings. The molecule has 0 bridgehead atoms. The monoisotopic (exact) mass is 269 g/mol. The molecule has 104 valence electrons. The first kappa shape index (κ1) is 12.9. The lowest BCUT2D eigenvalue weighted by molar-refractivity contribution is 0.0933. The summed E-state index contributed by atoms with van der Waals surface area (Å²) in [6.45, 7) is 0. The van der Waals surface area contributed by atoms with Crippen LogP contribution in [-0.2, 0) is 0 Å². The zero-order valence-electron chi connectivity index (χ0n) is 11.3. The average Bonchev–Trinajstić information content (AvgIpc) is 3.09. The van der Waals surface area contributed by atoms with Crippen LogP contribution in [0.5, 0.6) is 0 Å². The quantitative estimate of drug-likeness (QED) is 0.800. The van der Waals surface area contributed by atoms with Crippen LogP contribution in [-0.4, -0.2) is 23.0 Å². The van der Waals surface area contributed by atoms with Gasteiger partial charge in [0.25, 0.3) is 5.91 Å². The van der Waals surface area contributed by atoms with E-state index in [1.807, 2.05) is 42.5 Å². The summed E-state index contributed by atoms with van der Waals surface area (Å²) in [5.74, 6) is -0.0497. The normalized spacial score (nSPS) is 21.9. The Balaban J connectivity index is 1.69. The number of nitrogens with two attached hydrogens (primary N) is 1. The third kappa shape index (κ3) is 2.75. The summed E-state index contributed by atoms with van der Waals surface area (Å²) in [6, 6.07) is 14.2. The SMILES string of the molecule is N[C@H]1CC[C@H](NC(=O)c2ccc(-c3ccccc3)[nH]2)C1. The molecule has 1 heterocycles. The van der Waals surface area contributed by atoms with Crippen molar-refractivity contribution in [3.05, 3.63) is 48.2 Å². The van der Waals surface area contributed by atoms with Crippen molar-refractivity contribution in [2.45, 2.75) is 31.3 Å². The molecule has 4 heteroatoms. The van der Waals surface area contributed by atoms with Crippen molar-refractivity contribution in [2.24, 2.45) is 5.73 Å². The van der Waals surface area contributed by atoms with Crippen molar-refractivity contribution in [2.75, 3.05) is 0 Å². The van der Waals surface area contributed by atoms with Gasteiger partial charge in [0.1, 0.15) is 5.69 Å². The minimum Gasteiger partial charge on any atom is -0.351 e. The number of aromatic amines is 1. The van der Waals surface area contributed by atoms with Gasteiger partial charge in [0.2, 0.25) is 0 Å². The summed E-state index contributed by atoms with van der Waals surface area (Å²) in [5.41, 5.74) is 8.50. The van der Waals surface area contributed by atoms with E-state index < -0.39 is 0 Å². The Kier molecular flexibility index (Phi) is 3.56. The largest absolute Gasteiger partial charge is 0.351 e. The second-order valence-electron chi connectivity index (χ2n) is 5.40. The minimum absolute atomic E-state index is 0.0497. The standard InChI is InChI=1S/C16H19N3O/c17-12-6-7-13(10-12)18-16(20)15-9-8-14(19-15)11-4-2-1-3-5-11/h1-5,8-9,12-13,19H,6-7,10,17H2,(H,18,20)/t12-,13-/m0/s1. The first-order valence-electron chi connectivity index (χ1n) is 7.03. The maximum absolute atomic E-state index is 12.2. The average molecular weight is 269 g/mol. The van der Waals surface area contributed by atoms with E-state index in [0.717, 1.165) is 30.5 Å². The molecule has 1 amide bonds. The van der Waals surface area contributed by atoms with Crippen LogP contribution in [0.3, 0.4) is 0 Å². The number of nitrogens with one attached hydrogen (secondary N) is 2. The molecule has 1 saturated carbocycles. The Morgan fingerprint density at radius 3 is 2.65 bits per heavy atom. The Labute approximate surface area is 118 Å². The lowest BCUT2D eigenvalue weighted by Crippen LogP contribution is -2.34. The smallest absolute Gasteiger partial charge is 0.267 e. The molecule has 4 N–H and O–H groups in total. The summed E-state index contributed by atoms with van der Waals surface area (Å²) >= 11 is 0. The zero-order chi connectivity index (χ0) is 13.9. The van der Waals surface area contributed by atoms with Crippen LogP contribution in [0.25, 0.3) is 11.3 Å². The van der Waals surface area contributed by atoms with Crippen molar-refractivity contribution < 1.29 is 4.79 Å². The zero-order valence-corrected chi connectivity index (χ0v) is 11.3. The number of carbonyl (C=O) groups excluding carboxylic acids is 1. The Bertz CT molecular complexity index is 591. The summed E-state index contributed by atoms with van der Waals surface area (Å²) < 4.78 is 0. The number of hydrogen-bond donors (Lipinski definition) is 3. The second-order valence-corrected chi connectivity index (χ2v) is 5.40. The van der Waals surface area contributed by atoms with Gasteiger partial charge >= 0.3 is 0 Å². The van der Waals surface area contributed by atoms with E-state index >= 15 is 0 Å². The van der Waals surface area contributed by atoms with Crippen LogP contribution in [0.15, 0.2) is 42.5 Å². The van der Waals surface area contributed by atoms with E-state index in [-0.39, 0.29) is 18.0 Å². The molecular weight excluding hydrogens is 250 g/mol. The molecule has 0 radical (unpaired) electrons. The number of benzene rings is 1. The second kappa shape index (κ2) is 5.51. The van der Waals surface area contributed by atoms with Gasteiger partial charge < -0.3 is 16.0 Å². The first-order chi connectivity index (χ1) is 9.72. The summed E-state index contributed by atoms with van der Waals surface area (Å²) in [7, 11) is 0. The van der Waals surface area contributed by atoms with E-state index in [9.17, 15) is 4.79 Å². The lowest BCUT2D eigenvalue weighted by Gasteiger charge is -2.11. The third-order valence-corrected chi connectivity index (χ3v) is 3.82. The predicted molar refractivity (Wildman–Crippen MR) is 79.3 cm³/mol. The van der Waals surface area contributed by atoms with Crippen LogP contribution in [0.4, 0.5) is 0 Å². The van der Waals surface area contributed by atoms with Crippen LogP contribution in [0, 0.1) is 0 Å². The number of aromatic nitrogens is 1. The Morgan fingerprint density at radius 1 is 1.15 bits per heavy atom. The molecule has 0 aliphatic heterocycles. The molecule has 0 saturated heterocycles. The van der Waals surface area contributed by atoms with E-state index in [4.69, 9.17) is 5.73 Å². The maximum Gasteiger partial charge on any atom is 0.267 e. The van der Waals surface area contributed by atoms with E-state index in [1.54, 1.807) is 0 Å². The Hall–Kier alpha value is -2.07. The first-order valence-corrected chi connectivity index (χ1v) is 7.03. The topological polar surface area (TPSA) is 70.9 Å². The maximum atomic E-state index is 12.2. The third-order valence-electron chi connectivity index (χ3n) is 3.82. The van der Waals surface area contributed by atoms with Gasteiger partial charge in [-0.2, -0.15) is 0 Å². The fraction of sp³-hybridized carbons (Fsp3) is 0.312. The van der Waals surface area contributed by atoms with Gasteiger partial charge in [-0.05, 0) is 37.0 Å². The predicted octanol–water partition coefficient (Wildman–Crippen LogP) is 2.29. The van der Waals surface area contributed by atoms with Crippen molar-refractivity contribution in [3.8, 4) is 11.3 Å². The molecule has 1 aliphatic carbocycles. The molecule has 2 aromatic rings. The summed E-state index contributed by atoms with van der Waals surface area (Å²) in [4.78, 5) is 15.3. The highest BCUT2D eigenvalue weighted by Crippen LogP contribution is 2.20. The van der Waals surface area contributed by atoms with E-state index in [2.05, 4.69) is 10.3 Å². The Morgan fingerprint density at radius 2 is 1.95 bits per heavy atom. The molecule has 3 rings (SSSR count). The lowest BCUT2D eigenvalue weighted by atomic mass is 10.2. The van der Waals surface area contributed by atoms with Gasteiger partial charge in [-0.3, -0.25) is 4.79 Å². The van der Waals surface area contributed by atoms with Crippen molar-refractivity contribution in [1.82, 2.24) is 10.3 Å². The molecule has 1 fully saturated rings. The van der Waals surface area contributed by atoms with Crippen LogP contribution in [0.2, 0.25) is 0 Å². The summed E-state index contributed by atoms with van der Waals surface area (Å²) in [6.07, 6.45) is 2.84. The number of H-pyrrole nitrogens is 1. The minimum atomic E-state index is -0.0497. The molecule has 4 nitrogen and oxygen atoms in total. The number of hydrogen-bond acceptors (Lipinski definition) is 2. The van der Waals surface area contributed by atoms with E-state index in [0.29, 0.717) is 5.69 Å². The van der Waals surface area contributed by atoms with Crippen molar-refractivity contribution in [3.63, 3.8) is 0 Å².